The molecule has 0 radical (unpaired) electrons. The van der Waals surface area contributed by atoms with Crippen LogP contribution in [0.3, 0.4) is 0 Å². The SMILES string of the molecule is COCC(CCO)NC1CCCC1C#N. The highest BCUT2D eigenvalue weighted by atomic mass is 16.5. The van der Waals surface area contributed by atoms with Gasteiger partial charge in [-0.25, -0.2) is 0 Å². The van der Waals surface area contributed by atoms with Crippen LogP contribution in [0.2, 0.25) is 0 Å². The maximum absolute atomic E-state index is 8.94. The van der Waals surface area contributed by atoms with Crippen LogP contribution in [0.1, 0.15) is 25.7 Å². The van der Waals surface area contributed by atoms with Crippen LogP contribution in [0.4, 0.5) is 0 Å². The number of aliphatic hydroxyl groups is 1. The fourth-order valence-corrected chi connectivity index (χ4v) is 2.19. The van der Waals surface area contributed by atoms with Gasteiger partial charge < -0.3 is 15.2 Å². The van der Waals surface area contributed by atoms with Gasteiger partial charge in [0.25, 0.3) is 0 Å². The van der Waals surface area contributed by atoms with Gasteiger partial charge in [0.05, 0.1) is 18.6 Å². The van der Waals surface area contributed by atoms with Crippen molar-refractivity contribution in [2.24, 2.45) is 5.92 Å². The summed E-state index contributed by atoms with van der Waals surface area (Å²) in [6, 6.07) is 2.78. The number of rotatable bonds is 6. The second kappa shape index (κ2) is 6.78. The Morgan fingerprint density at radius 2 is 2.40 bits per heavy atom. The minimum absolute atomic E-state index is 0.128. The molecule has 0 bridgehead atoms. The van der Waals surface area contributed by atoms with Crippen molar-refractivity contribution in [3.05, 3.63) is 0 Å². The summed E-state index contributed by atoms with van der Waals surface area (Å²) < 4.78 is 5.08. The molecule has 1 aliphatic rings. The van der Waals surface area contributed by atoms with Gasteiger partial charge in [-0.3, -0.25) is 0 Å². The van der Waals surface area contributed by atoms with Crippen molar-refractivity contribution in [3.63, 3.8) is 0 Å². The number of nitriles is 1. The summed E-state index contributed by atoms with van der Waals surface area (Å²) in [7, 11) is 1.66. The number of aliphatic hydroxyl groups excluding tert-OH is 1. The van der Waals surface area contributed by atoms with E-state index >= 15 is 0 Å². The molecule has 1 fully saturated rings. The van der Waals surface area contributed by atoms with Gasteiger partial charge in [-0.1, -0.05) is 6.42 Å². The Labute approximate surface area is 91.2 Å². The predicted octanol–water partition coefficient (Wildman–Crippen LogP) is 0.666. The average molecular weight is 212 g/mol. The molecular formula is C11H20N2O2. The lowest BCUT2D eigenvalue weighted by atomic mass is 10.0. The first-order valence-electron chi connectivity index (χ1n) is 5.57. The maximum atomic E-state index is 8.94. The minimum Gasteiger partial charge on any atom is -0.396 e. The molecule has 0 spiro atoms. The molecule has 1 saturated carbocycles. The molecule has 86 valence electrons. The first-order chi connectivity index (χ1) is 7.31. The zero-order valence-electron chi connectivity index (χ0n) is 9.28. The van der Waals surface area contributed by atoms with Crippen LogP contribution in [0, 0.1) is 17.2 Å². The Bertz CT molecular complexity index is 209. The Morgan fingerprint density at radius 1 is 1.60 bits per heavy atom. The number of hydrogen-bond donors (Lipinski definition) is 2. The normalized spacial score (nSPS) is 27.5. The minimum atomic E-state index is 0.128. The lowest BCUT2D eigenvalue weighted by Gasteiger charge is -2.23. The number of hydrogen-bond acceptors (Lipinski definition) is 4. The van der Waals surface area contributed by atoms with Crippen LogP contribution >= 0.6 is 0 Å². The molecule has 0 aliphatic heterocycles. The molecule has 1 aliphatic carbocycles. The Balaban J connectivity index is 2.39. The molecule has 0 saturated heterocycles. The fourth-order valence-electron chi connectivity index (χ4n) is 2.19. The molecule has 0 aromatic rings. The third-order valence-corrected chi connectivity index (χ3v) is 2.98. The zero-order chi connectivity index (χ0) is 11.1. The van der Waals surface area contributed by atoms with E-state index in [1.165, 1.54) is 0 Å². The quantitative estimate of drug-likeness (QED) is 0.679. The molecule has 4 nitrogen and oxygen atoms in total. The first-order valence-corrected chi connectivity index (χ1v) is 5.57. The van der Waals surface area contributed by atoms with Gasteiger partial charge in [0.1, 0.15) is 0 Å². The van der Waals surface area contributed by atoms with Gasteiger partial charge in [0.15, 0.2) is 0 Å². The van der Waals surface area contributed by atoms with E-state index in [9.17, 15) is 0 Å². The maximum Gasteiger partial charge on any atom is 0.0672 e. The van der Waals surface area contributed by atoms with E-state index in [-0.39, 0.29) is 24.6 Å². The van der Waals surface area contributed by atoms with Gasteiger partial charge >= 0.3 is 0 Å². The second-order valence-electron chi connectivity index (χ2n) is 4.10. The monoisotopic (exact) mass is 212 g/mol. The largest absolute Gasteiger partial charge is 0.396 e. The molecule has 3 unspecified atom stereocenters. The first kappa shape index (κ1) is 12.4. The van der Waals surface area contributed by atoms with E-state index in [2.05, 4.69) is 11.4 Å². The van der Waals surface area contributed by atoms with Gasteiger partial charge in [-0.2, -0.15) is 5.26 Å². The summed E-state index contributed by atoms with van der Waals surface area (Å²) >= 11 is 0. The van der Waals surface area contributed by atoms with Crippen molar-refractivity contribution in [3.8, 4) is 6.07 Å². The summed E-state index contributed by atoms with van der Waals surface area (Å²) in [6.07, 6.45) is 3.86. The van der Waals surface area contributed by atoms with Crippen LogP contribution in [0.25, 0.3) is 0 Å². The van der Waals surface area contributed by atoms with Gasteiger partial charge in [0.2, 0.25) is 0 Å². The van der Waals surface area contributed by atoms with Crippen LogP contribution in [0.15, 0.2) is 0 Å². The fraction of sp³-hybridized carbons (Fsp3) is 0.909. The van der Waals surface area contributed by atoms with Crippen LogP contribution in [-0.2, 0) is 4.74 Å². The Kier molecular flexibility index (Phi) is 5.62. The summed E-state index contributed by atoms with van der Waals surface area (Å²) in [5, 5.41) is 21.2. The molecule has 0 amide bonds. The lowest BCUT2D eigenvalue weighted by Crippen LogP contribution is -2.43. The van der Waals surface area contributed by atoms with Crippen molar-refractivity contribution in [2.75, 3.05) is 20.3 Å². The summed E-state index contributed by atoms with van der Waals surface area (Å²) in [4.78, 5) is 0. The van der Waals surface area contributed by atoms with Crippen molar-refractivity contribution in [1.29, 1.82) is 5.26 Å². The smallest absolute Gasteiger partial charge is 0.0672 e. The van der Waals surface area contributed by atoms with E-state index in [0.29, 0.717) is 13.0 Å². The highest BCUT2D eigenvalue weighted by Gasteiger charge is 2.28. The van der Waals surface area contributed by atoms with E-state index in [1.807, 2.05) is 0 Å². The van der Waals surface area contributed by atoms with Gasteiger partial charge in [0, 0.05) is 25.8 Å². The van der Waals surface area contributed by atoms with Gasteiger partial charge in [-0.15, -0.1) is 0 Å². The summed E-state index contributed by atoms with van der Waals surface area (Å²) in [6.45, 7) is 0.750. The molecular weight excluding hydrogens is 192 g/mol. The molecule has 2 N–H and O–H groups in total. The van der Waals surface area contributed by atoms with E-state index in [4.69, 9.17) is 15.1 Å². The Hall–Kier alpha value is -0.630. The topological polar surface area (TPSA) is 65.3 Å². The number of nitrogens with zero attached hydrogens (tertiary/aromatic N) is 1. The molecule has 0 aromatic carbocycles. The summed E-state index contributed by atoms with van der Waals surface area (Å²) in [5.74, 6) is 0.128. The average Bonchev–Trinajstić information content (AvgIpc) is 2.66. The van der Waals surface area contributed by atoms with Crippen molar-refractivity contribution in [1.82, 2.24) is 5.32 Å². The number of ether oxygens (including phenoxy) is 1. The lowest BCUT2D eigenvalue weighted by molar-refractivity contribution is 0.140. The van der Waals surface area contributed by atoms with E-state index in [0.717, 1.165) is 19.3 Å². The standard InChI is InChI=1S/C11H20N2O2/c1-15-8-10(5-6-14)13-11-4-2-3-9(11)7-12/h9-11,13-14H,2-6,8H2,1H3. The third kappa shape index (κ3) is 3.78. The highest BCUT2D eigenvalue weighted by molar-refractivity contribution is 4.97. The van der Waals surface area contributed by atoms with Gasteiger partial charge in [-0.05, 0) is 19.3 Å². The molecule has 3 atom stereocenters. The van der Waals surface area contributed by atoms with Crippen LogP contribution < -0.4 is 5.32 Å². The van der Waals surface area contributed by atoms with E-state index < -0.39 is 0 Å². The van der Waals surface area contributed by atoms with Crippen molar-refractivity contribution < 1.29 is 9.84 Å². The van der Waals surface area contributed by atoms with Crippen LogP contribution in [0.5, 0.6) is 0 Å². The molecule has 15 heavy (non-hydrogen) atoms. The molecule has 4 heteroatoms. The predicted molar refractivity (Wildman–Crippen MR) is 57.2 cm³/mol. The number of methoxy groups -OCH3 is 1. The van der Waals surface area contributed by atoms with Crippen molar-refractivity contribution in [2.45, 2.75) is 37.8 Å². The molecule has 0 aromatic heterocycles. The Morgan fingerprint density at radius 3 is 3.00 bits per heavy atom. The highest BCUT2D eigenvalue weighted by Crippen LogP contribution is 2.25. The zero-order valence-corrected chi connectivity index (χ0v) is 9.28. The van der Waals surface area contributed by atoms with E-state index in [1.54, 1.807) is 7.11 Å². The summed E-state index contributed by atoms with van der Waals surface area (Å²) in [5.41, 5.74) is 0. The third-order valence-electron chi connectivity index (χ3n) is 2.98. The molecule has 0 heterocycles. The number of nitrogens with one attached hydrogen (secondary N) is 1. The molecule has 1 rings (SSSR count). The van der Waals surface area contributed by atoms with Crippen molar-refractivity contribution >= 4 is 0 Å². The van der Waals surface area contributed by atoms with Crippen LogP contribution in [-0.4, -0.2) is 37.5 Å². The second-order valence-corrected chi connectivity index (χ2v) is 4.10.